The van der Waals surface area contributed by atoms with Crippen LogP contribution in [0.1, 0.15) is 19.3 Å². The summed E-state index contributed by atoms with van der Waals surface area (Å²) in [4.78, 5) is 1.45. The van der Waals surface area contributed by atoms with Gasteiger partial charge in [-0.3, -0.25) is 0 Å². The number of nitrogens with zero attached hydrogens (tertiary/aromatic N) is 1. The quantitative estimate of drug-likeness (QED) is 0.821. The summed E-state index contributed by atoms with van der Waals surface area (Å²) in [6.07, 6.45) is 3.00. The van der Waals surface area contributed by atoms with Crippen LogP contribution in [0.4, 0.5) is 14.5 Å². The molecule has 21 heavy (non-hydrogen) atoms. The maximum Gasteiger partial charge on any atom is 0.243 e. The highest BCUT2D eigenvalue weighted by atomic mass is 32.2. The van der Waals surface area contributed by atoms with Crippen molar-refractivity contribution in [1.29, 1.82) is 0 Å². The molecule has 1 fully saturated rings. The Bertz CT molecular complexity index is 622. The summed E-state index contributed by atoms with van der Waals surface area (Å²) in [5.74, 6) is -2.12. The van der Waals surface area contributed by atoms with Gasteiger partial charge in [0.05, 0.1) is 5.69 Å². The third-order valence-electron chi connectivity index (χ3n) is 3.77. The fraction of sp³-hybridized carbons (Fsp3) is 0.538. The van der Waals surface area contributed by atoms with Gasteiger partial charge >= 0.3 is 0 Å². The second-order valence-electron chi connectivity index (χ2n) is 5.29. The Hall–Kier alpha value is -1.25. The highest BCUT2D eigenvalue weighted by Crippen LogP contribution is 2.21. The number of anilines is 1. The van der Waals surface area contributed by atoms with Crippen molar-refractivity contribution in [1.82, 2.24) is 9.62 Å². The number of sulfonamides is 1. The summed E-state index contributed by atoms with van der Waals surface area (Å²) < 4.78 is 53.3. The number of hydrogen-bond donors (Lipinski definition) is 2. The Balaban J connectivity index is 2.13. The predicted molar refractivity (Wildman–Crippen MR) is 76.2 cm³/mol. The van der Waals surface area contributed by atoms with E-state index >= 15 is 0 Å². The number of hydrogen-bond acceptors (Lipinski definition) is 4. The number of piperidine rings is 1. The Labute approximate surface area is 123 Å². The molecule has 0 spiro atoms. The minimum atomic E-state index is -4.05. The molecule has 0 aromatic heterocycles. The molecule has 1 atom stereocenters. The maximum absolute atomic E-state index is 13.6. The van der Waals surface area contributed by atoms with Gasteiger partial charge in [-0.05, 0) is 32.5 Å². The molecule has 1 aromatic carbocycles. The van der Waals surface area contributed by atoms with Gasteiger partial charge < -0.3 is 10.6 Å². The molecule has 8 heteroatoms. The van der Waals surface area contributed by atoms with Crippen molar-refractivity contribution in [2.75, 3.05) is 25.9 Å². The highest BCUT2D eigenvalue weighted by Gasteiger charge is 2.25. The van der Waals surface area contributed by atoms with Crippen molar-refractivity contribution in [3.8, 4) is 0 Å². The molecule has 0 amide bonds. The summed E-state index contributed by atoms with van der Waals surface area (Å²) >= 11 is 0. The Morgan fingerprint density at radius 2 is 2.05 bits per heavy atom. The molecule has 0 aliphatic carbocycles. The summed E-state index contributed by atoms with van der Waals surface area (Å²) in [5.41, 5.74) is 4.91. The number of halogens is 2. The van der Waals surface area contributed by atoms with E-state index < -0.39 is 32.2 Å². The van der Waals surface area contributed by atoms with Crippen molar-refractivity contribution in [2.24, 2.45) is 0 Å². The first-order valence-corrected chi connectivity index (χ1v) is 8.24. The van der Waals surface area contributed by atoms with Crippen molar-refractivity contribution in [2.45, 2.75) is 30.2 Å². The van der Waals surface area contributed by atoms with E-state index in [-0.39, 0.29) is 12.6 Å². The van der Waals surface area contributed by atoms with Crippen molar-refractivity contribution >= 4 is 15.7 Å². The van der Waals surface area contributed by atoms with Gasteiger partial charge in [0, 0.05) is 18.7 Å². The molecule has 0 radical (unpaired) electrons. The molecule has 5 nitrogen and oxygen atoms in total. The number of nitrogens with two attached hydrogens (primary N) is 1. The summed E-state index contributed by atoms with van der Waals surface area (Å²) in [6.45, 7) is 1.10. The van der Waals surface area contributed by atoms with Gasteiger partial charge in [0.15, 0.2) is 0 Å². The first-order chi connectivity index (χ1) is 9.81. The van der Waals surface area contributed by atoms with E-state index in [0.29, 0.717) is 6.07 Å². The van der Waals surface area contributed by atoms with Gasteiger partial charge in [0.2, 0.25) is 10.0 Å². The molecule has 1 heterocycles. The van der Waals surface area contributed by atoms with Gasteiger partial charge in [-0.2, -0.15) is 0 Å². The van der Waals surface area contributed by atoms with E-state index in [0.717, 1.165) is 31.9 Å². The highest BCUT2D eigenvalue weighted by molar-refractivity contribution is 7.89. The van der Waals surface area contributed by atoms with E-state index in [1.807, 2.05) is 7.05 Å². The molecule has 0 bridgehead atoms. The first kappa shape index (κ1) is 16.1. The predicted octanol–water partition coefficient (Wildman–Crippen LogP) is 1.31. The van der Waals surface area contributed by atoms with Gasteiger partial charge in [0.25, 0.3) is 0 Å². The molecule has 1 aliphatic rings. The van der Waals surface area contributed by atoms with Crippen LogP contribution in [0.15, 0.2) is 17.0 Å². The van der Waals surface area contributed by atoms with Crippen LogP contribution in [0.3, 0.4) is 0 Å². The number of likely N-dealkylation sites (N-methyl/N-ethyl adjacent to an activating group) is 1. The number of nitrogen functional groups attached to an aromatic ring is 1. The van der Waals surface area contributed by atoms with Gasteiger partial charge in [0.1, 0.15) is 16.5 Å². The zero-order valence-electron chi connectivity index (χ0n) is 11.8. The van der Waals surface area contributed by atoms with Crippen LogP contribution < -0.4 is 10.5 Å². The zero-order chi connectivity index (χ0) is 15.6. The topological polar surface area (TPSA) is 75.4 Å². The lowest BCUT2D eigenvalue weighted by Crippen LogP contribution is -2.44. The average molecular weight is 319 g/mol. The Morgan fingerprint density at radius 3 is 2.71 bits per heavy atom. The van der Waals surface area contributed by atoms with E-state index in [2.05, 4.69) is 9.62 Å². The molecule has 1 aliphatic heterocycles. The van der Waals surface area contributed by atoms with E-state index in [1.54, 1.807) is 0 Å². The van der Waals surface area contributed by atoms with Crippen LogP contribution >= 0.6 is 0 Å². The number of benzene rings is 1. The first-order valence-electron chi connectivity index (χ1n) is 6.75. The van der Waals surface area contributed by atoms with Gasteiger partial charge in [-0.1, -0.05) is 6.42 Å². The lowest BCUT2D eigenvalue weighted by Gasteiger charge is -2.32. The molecule has 1 aromatic rings. The molecule has 0 saturated carbocycles. The van der Waals surface area contributed by atoms with E-state index in [1.165, 1.54) is 0 Å². The van der Waals surface area contributed by atoms with Crippen LogP contribution in [-0.2, 0) is 10.0 Å². The minimum absolute atomic E-state index is 0.0781. The van der Waals surface area contributed by atoms with E-state index in [4.69, 9.17) is 5.73 Å². The standard InChI is InChI=1S/C13H19F2N3O2S/c1-18-5-3-2-4-9(18)8-17-21(19,20)13-7-12(16)10(14)6-11(13)15/h6-7,9,17H,2-5,8,16H2,1H3. The van der Waals surface area contributed by atoms with Crippen molar-refractivity contribution in [3.63, 3.8) is 0 Å². The molecule has 3 N–H and O–H groups in total. The SMILES string of the molecule is CN1CCCCC1CNS(=O)(=O)c1cc(N)c(F)cc1F. The maximum atomic E-state index is 13.6. The second-order valence-corrected chi connectivity index (χ2v) is 7.02. The molecule has 2 rings (SSSR count). The molecular weight excluding hydrogens is 300 g/mol. The number of rotatable bonds is 4. The van der Waals surface area contributed by atoms with Crippen LogP contribution in [0.2, 0.25) is 0 Å². The average Bonchev–Trinajstić information content (AvgIpc) is 2.42. The summed E-state index contributed by atoms with van der Waals surface area (Å²) in [6, 6.07) is 1.36. The molecule has 118 valence electrons. The van der Waals surface area contributed by atoms with Crippen LogP contribution in [0, 0.1) is 11.6 Å². The fourth-order valence-corrected chi connectivity index (χ4v) is 3.60. The smallest absolute Gasteiger partial charge is 0.243 e. The largest absolute Gasteiger partial charge is 0.396 e. The fourth-order valence-electron chi connectivity index (χ4n) is 2.44. The monoisotopic (exact) mass is 319 g/mol. The van der Waals surface area contributed by atoms with Gasteiger partial charge in [-0.15, -0.1) is 0 Å². The summed E-state index contributed by atoms with van der Waals surface area (Å²) in [7, 11) is -2.13. The normalized spacial score (nSPS) is 20.6. The minimum Gasteiger partial charge on any atom is -0.396 e. The van der Waals surface area contributed by atoms with Crippen molar-refractivity contribution in [3.05, 3.63) is 23.8 Å². The Kier molecular flexibility index (Phi) is 4.80. The third-order valence-corrected chi connectivity index (χ3v) is 5.21. The van der Waals surface area contributed by atoms with Crippen LogP contribution in [0.5, 0.6) is 0 Å². The second kappa shape index (κ2) is 6.25. The summed E-state index contributed by atoms with van der Waals surface area (Å²) in [5, 5.41) is 0. The molecular formula is C13H19F2N3O2S. The molecule has 1 unspecified atom stereocenters. The van der Waals surface area contributed by atoms with Crippen molar-refractivity contribution < 1.29 is 17.2 Å². The zero-order valence-corrected chi connectivity index (χ0v) is 12.6. The van der Waals surface area contributed by atoms with Crippen LogP contribution in [-0.4, -0.2) is 39.5 Å². The van der Waals surface area contributed by atoms with E-state index in [9.17, 15) is 17.2 Å². The van der Waals surface area contributed by atoms with Gasteiger partial charge in [-0.25, -0.2) is 21.9 Å². The third kappa shape index (κ3) is 3.69. The number of nitrogens with one attached hydrogen (secondary N) is 1. The lowest BCUT2D eigenvalue weighted by atomic mass is 10.0. The lowest BCUT2D eigenvalue weighted by molar-refractivity contribution is 0.187. The molecule has 1 saturated heterocycles. The number of likely N-dealkylation sites (tertiary alicyclic amines) is 1. The van der Waals surface area contributed by atoms with Crippen LogP contribution in [0.25, 0.3) is 0 Å². The Morgan fingerprint density at radius 1 is 1.33 bits per heavy atom.